The summed E-state index contributed by atoms with van der Waals surface area (Å²) >= 11 is 11.4. The largest absolute Gasteiger partial charge is 0.481 e. The number of aliphatic carboxylic acids is 1. The number of hydrogen-bond acceptors (Lipinski definition) is 3. The highest BCUT2D eigenvalue weighted by Gasteiger charge is 2.30. The van der Waals surface area contributed by atoms with Crippen molar-refractivity contribution in [3.8, 4) is 0 Å². The molecule has 5 nitrogen and oxygen atoms in total. The van der Waals surface area contributed by atoms with Crippen molar-refractivity contribution in [2.24, 2.45) is 5.92 Å². The van der Waals surface area contributed by atoms with Crippen molar-refractivity contribution in [1.29, 1.82) is 0 Å². The van der Waals surface area contributed by atoms with Crippen LogP contribution in [0.25, 0.3) is 0 Å². The van der Waals surface area contributed by atoms with Crippen LogP contribution in [0, 0.1) is 5.92 Å². The molecular weight excluding hydrogens is 413 g/mol. The van der Waals surface area contributed by atoms with Crippen LogP contribution in [0.2, 0.25) is 10.0 Å². The molecule has 1 aliphatic heterocycles. The van der Waals surface area contributed by atoms with Crippen molar-refractivity contribution in [3.05, 3.63) is 70.2 Å². The zero-order chi connectivity index (χ0) is 21.8. The van der Waals surface area contributed by atoms with Crippen LogP contribution in [0.1, 0.15) is 32.4 Å². The van der Waals surface area contributed by atoms with Gasteiger partial charge >= 0.3 is 0 Å². The first kappa shape index (κ1) is 25.0. The van der Waals surface area contributed by atoms with Gasteiger partial charge < -0.3 is 14.7 Å². The number of amides is 1. The Kier molecular flexibility index (Phi) is 11.4. The predicted molar refractivity (Wildman–Crippen MR) is 116 cm³/mol. The van der Waals surface area contributed by atoms with Gasteiger partial charge in [-0.1, -0.05) is 67.4 Å². The minimum atomic E-state index is -0.833. The van der Waals surface area contributed by atoms with E-state index in [-0.39, 0.29) is 18.6 Å². The molecule has 3 rings (SSSR count). The van der Waals surface area contributed by atoms with Gasteiger partial charge in [0.25, 0.3) is 5.97 Å². The maximum absolute atomic E-state index is 12.0. The third-order valence-electron chi connectivity index (χ3n) is 3.75. The highest BCUT2D eigenvalue weighted by Crippen LogP contribution is 2.26. The lowest BCUT2D eigenvalue weighted by Gasteiger charge is -2.36. The Hall–Kier alpha value is -2.08. The van der Waals surface area contributed by atoms with Crippen LogP contribution >= 0.6 is 23.2 Å². The Labute approximate surface area is 182 Å². The van der Waals surface area contributed by atoms with Crippen molar-refractivity contribution in [1.82, 2.24) is 4.90 Å². The fourth-order valence-corrected chi connectivity index (χ4v) is 2.87. The first-order chi connectivity index (χ1) is 13.7. The summed E-state index contributed by atoms with van der Waals surface area (Å²) in [5.74, 6) is -0.322. The molecule has 0 bridgehead atoms. The van der Waals surface area contributed by atoms with Gasteiger partial charge in [-0.2, -0.15) is 0 Å². The molecule has 0 aliphatic carbocycles. The summed E-state index contributed by atoms with van der Waals surface area (Å²) in [5.41, 5.74) is 1.08. The minimum absolute atomic E-state index is 0.00548. The lowest BCUT2D eigenvalue weighted by Crippen LogP contribution is -2.45. The molecule has 2 aromatic rings. The summed E-state index contributed by atoms with van der Waals surface area (Å²) in [4.78, 5) is 22.9. The van der Waals surface area contributed by atoms with Crippen molar-refractivity contribution < 1.29 is 19.4 Å². The monoisotopic (exact) mass is 439 g/mol. The lowest BCUT2D eigenvalue weighted by molar-refractivity contribution is -0.149. The second-order valence-corrected chi connectivity index (χ2v) is 7.71. The average Bonchev–Trinajstić information content (AvgIpc) is 2.65. The molecule has 0 radical (unpaired) electrons. The van der Waals surface area contributed by atoms with E-state index in [0.29, 0.717) is 17.5 Å². The van der Waals surface area contributed by atoms with Crippen LogP contribution < -0.4 is 0 Å². The van der Waals surface area contributed by atoms with E-state index in [2.05, 4.69) is 13.8 Å². The molecule has 1 unspecified atom stereocenters. The van der Waals surface area contributed by atoms with Gasteiger partial charge in [-0.05, 0) is 35.7 Å². The number of hydrogen-bond donors (Lipinski definition) is 1. The first-order valence-electron chi connectivity index (χ1n) is 9.23. The maximum Gasteiger partial charge on any atom is 0.300 e. The molecule has 158 valence electrons. The van der Waals surface area contributed by atoms with E-state index in [0.717, 1.165) is 24.1 Å². The number of carboxylic acids is 1. The van der Waals surface area contributed by atoms with E-state index in [1.165, 1.54) is 0 Å². The third-order valence-corrected chi connectivity index (χ3v) is 4.25. The van der Waals surface area contributed by atoms with Crippen LogP contribution in [0.4, 0.5) is 0 Å². The molecule has 0 aromatic heterocycles. The molecule has 1 amide bonds. The molecule has 1 saturated heterocycles. The second-order valence-electron chi connectivity index (χ2n) is 6.84. The number of carboxylic acid groups (broad SMARTS) is 1. The van der Waals surface area contributed by atoms with Gasteiger partial charge in [-0.3, -0.25) is 9.59 Å². The quantitative estimate of drug-likeness (QED) is 0.701. The van der Waals surface area contributed by atoms with Crippen LogP contribution in [-0.4, -0.2) is 41.6 Å². The average molecular weight is 440 g/mol. The van der Waals surface area contributed by atoms with Crippen LogP contribution in [0.5, 0.6) is 0 Å². The smallest absolute Gasteiger partial charge is 0.300 e. The van der Waals surface area contributed by atoms with E-state index < -0.39 is 5.97 Å². The van der Waals surface area contributed by atoms with Gasteiger partial charge in [0.2, 0.25) is 5.91 Å². The van der Waals surface area contributed by atoms with Gasteiger partial charge in [0.15, 0.2) is 0 Å². The summed E-state index contributed by atoms with van der Waals surface area (Å²) in [6, 6.07) is 17.1. The predicted octanol–water partition coefficient (Wildman–Crippen LogP) is 5.33. The lowest BCUT2D eigenvalue weighted by atomic mass is 10.0. The third kappa shape index (κ3) is 10.3. The van der Waals surface area contributed by atoms with E-state index in [9.17, 15) is 4.79 Å². The molecule has 1 N–H and O–H groups in total. The summed E-state index contributed by atoms with van der Waals surface area (Å²) in [6.45, 7) is 6.82. The van der Waals surface area contributed by atoms with Crippen molar-refractivity contribution in [2.45, 2.75) is 26.8 Å². The molecule has 1 heterocycles. The Morgan fingerprint density at radius 3 is 2.07 bits per heavy atom. The van der Waals surface area contributed by atoms with Crippen molar-refractivity contribution in [2.75, 3.05) is 19.8 Å². The number of carbonyl (C=O) groups is 2. The van der Waals surface area contributed by atoms with Crippen LogP contribution in [-0.2, 0) is 14.3 Å². The zero-order valence-electron chi connectivity index (χ0n) is 16.8. The van der Waals surface area contributed by atoms with Crippen molar-refractivity contribution in [3.63, 3.8) is 0 Å². The molecule has 29 heavy (non-hydrogen) atoms. The Balaban J connectivity index is 0.000000314. The number of nitrogens with zero attached hydrogens (tertiary/aromatic N) is 1. The summed E-state index contributed by atoms with van der Waals surface area (Å²) < 4.78 is 5.37. The Morgan fingerprint density at radius 2 is 1.62 bits per heavy atom. The number of halogens is 2. The number of carbonyl (C=O) groups excluding carboxylic acids is 1. The maximum atomic E-state index is 12.0. The second kappa shape index (κ2) is 13.2. The molecule has 7 heteroatoms. The van der Waals surface area contributed by atoms with Crippen LogP contribution in [0.3, 0.4) is 0 Å². The van der Waals surface area contributed by atoms with Gasteiger partial charge in [-0.25, -0.2) is 0 Å². The van der Waals surface area contributed by atoms with Gasteiger partial charge in [0.05, 0.1) is 12.6 Å². The molecular formula is C22H27Cl2NO4. The summed E-state index contributed by atoms with van der Waals surface area (Å²) in [7, 11) is 0. The zero-order valence-corrected chi connectivity index (χ0v) is 18.4. The van der Waals surface area contributed by atoms with E-state index in [1.807, 2.05) is 59.5 Å². The Bertz CT molecular complexity index is 747. The molecule has 0 saturated carbocycles. The first-order valence-corrected chi connectivity index (χ1v) is 9.99. The summed E-state index contributed by atoms with van der Waals surface area (Å²) in [6.07, 6.45) is 0. The fraction of sp³-hybridized carbons (Fsp3) is 0.364. The molecule has 2 aromatic carbocycles. The SMILES string of the molecule is CC(=O)O.CC(C)CN1C(=O)COCC1c1ccc(Cl)cc1.Clc1ccccc1. The molecule has 1 aliphatic rings. The molecule has 1 fully saturated rings. The number of rotatable bonds is 3. The van der Waals surface area contributed by atoms with Gasteiger partial charge in [0.1, 0.15) is 6.61 Å². The van der Waals surface area contributed by atoms with Crippen molar-refractivity contribution >= 4 is 35.1 Å². The summed E-state index contributed by atoms with van der Waals surface area (Å²) in [5, 5.41) is 8.92. The van der Waals surface area contributed by atoms with Gasteiger partial charge in [0, 0.05) is 23.5 Å². The highest BCUT2D eigenvalue weighted by atomic mass is 35.5. The molecule has 0 spiro atoms. The topological polar surface area (TPSA) is 66.8 Å². The van der Waals surface area contributed by atoms with Gasteiger partial charge in [-0.15, -0.1) is 0 Å². The number of benzene rings is 2. The van der Waals surface area contributed by atoms with Crippen LogP contribution in [0.15, 0.2) is 54.6 Å². The number of ether oxygens (including phenoxy) is 1. The Morgan fingerprint density at radius 1 is 1.10 bits per heavy atom. The minimum Gasteiger partial charge on any atom is -0.481 e. The van der Waals surface area contributed by atoms with E-state index in [4.69, 9.17) is 37.8 Å². The highest BCUT2D eigenvalue weighted by molar-refractivity contribution is 6.30. The normalized spacial score (nSPS) is 15.7. The number of morpholine rings is 1. The fourth-order valence-electron chi connectivity index (χ4n) is 2.60. The standard InChI is InChI=1S/C14H18ClNO2.C6H5Cl.C2H4O2/c1-10(2)7-16-13(8-18-9-14(16)17)11-3-5-12(15)6-4-11;7-6-4-2-1-3-5-6;1-2(3)4/h3-6,10,13H,7-9H2,1-2H3;1-5H;1H3,(H,3,4). The van der Waals surface area contributed by atoms with E-state index in [1.54, 1.807) is 0 Å². The van der Waals surface area contributed by atoms with E-state index >= 15 is 0 Å². The molecule has 1 atom stereocenters.